The number of ether oxygens (including phenoxy) is 2. The molecule has 8 N–H and O–H groups in total. The first-order valence-electron chi connectivity index (χ1n) is 45.8. The van der Waals surface area contributed by atoms with Gasteiger partial charge in [0, 0.05) is 63.1 Å². The summed E-state index contributed by atoms with van der Waals surface area (Å²) >= 11 is 2.21. The minimum Gasteiger partial charge on any atom is -0.481 e. The number of sulfonamides is 2. The van der Waals surface area contributed by atoms with Crippen molar-refractivity contribution < 1.29 is 105 Å². The summed E-state index contributed by atoms with van der Waals surface area (Å²) in [5.41, 5.74) is 5.85. The number of likely N-dealkylation sites (tertiary alicyclic amines) is 1. The van der Waals surface area contributed by atoms with Crippen molar-refractivity contribution >= 4 is 158 Å². The van der Waals surface area contributed by atoms with Gasteiger partial charge in [0.05, 0.1) is 71.3 Å². The number of nitrogens with zero attached hydrogens (tertiary/aromatic N) is 8. The number of rotatable bonds is 26. The van der Waals surface area contributed by atoms with Gasteiger partial charge in [0.2, 0.25) is 48.9 Å². The predicted molar refractivity (Wildman–Crippen MR) is 539 cm³/mol. The number of ketones is 1. The molecule has 4 aliphatic carbocycles. The summed E-state index contributed by atoms with van der Waals surface area (Å²) in [5, 5.41) is 23.4. The SMILES string of the molecule is C=C[C@@H]1C[C@]1(NC(=O)[C@@H]1C[C@@H](Oc2nc(-c3ccc(C(F)(F)F)cc3)nc3c2oc2ccccc23)CN1)C(=O)NS(=O)(=O)C1CC1.CC(C)(C)[C@H](N)C(=O)O.Cl.[C-]#[N+]c1ccc(C[C@H](C(=O)N2C[C@H](Oc3nc(-c4ccc(C(F)(F)F)cc4)nc4c3oc3ccccc34)C[C@H]2C(=O)C[C@]2(C(=O)NS(=O)(=O)C3CC3)C[C@H]2C=C)C(C)(C)C)cc1.[C-]#[N+]c1ccc(C[C@H](C(=O)O)C(C)(C)C)cc1.[C-]#[N+]c1ccc(I)cc1. The van der Waals surface area contributed by atoms with Gasteiger partial charge >= 0.3 is 24.3 Å². The third-order valence-corrected chi connectivity index (χ3v) is 30.2. The van der Waals surface area contributed by atoms with Crippen molar-refractivity contribution in [3.8, 4) is 34.5 Å². The van der Waals surface area contributed by atoms with Gasteiger partial charge in [-0.05, 0) is 156 Å². The number of aromatic nitrogens is 4. The van der Waals surface area contributed by atoms with Crippen molar-refractivity contribution in [1.82, 2.24) is 44.9 Å². The maximum absolute atomic E-state index is 15.0. The summed E-state index contributed by atoms with van der Waals surface area (Å²) in [6.45, 7) is 45.4. The van der Waals surface area contributed by atoms with Crippen LogP contribution in [0.25, 0.3) is 81.4 Å². The summed E-state index contributed by atoms with van der Waals surface area (Å²) in [6.07, 6.45) is -4.61. The van der Waals surface area contributed by atoms with Crippen LogP contribution in [0.1, 0.15) is 142 Å². The van der Waals surface area contributed by atoms with E-state index < -0.39 is 160 Å². The molecule has 40 heteroatoms. The highest BCUT2D eigenvalue weighted by Crippen LogP contribution is 2.58. The fraction of sp³-hybridized carbons (Fsp3) is 0.385. The van der Waals surface area contributed by atoms with E-state index in [0.29, 0.717) is 87.7 Å². The number of Topliss-reactive ketones (excluding diaryl/α,β-unsaturated/α-hetero) is 1. The van der Waals surface area contributed by atoms with Crippen molar-refractivity contribution in [2.45, 2.75) is 192 Å². The van der Waals surface area contributed by atoms with E-state index in [2.05, 4.69) is 90.3 Å². The Morgan fingerprint density at radius 1 is 0.569 bits per heavy atom. The van der Waals surface area contributed by atoms with Gasteiger partial charge in [-0.15, -0.1) is 25.6 Å². The molecule has 758 valence electrons. The number of furan rings is 2. The molecule has 11 aromatic rings. The molecule has 0 bridgehead atoms. The van der Waals surface area contributed by atoms with Crippen molar-refractivity contribution in [3.05, 3.63) is 255 Å². The van der Waals surface area contributed by atoms with E-state index in [1.54, 1.807) is 106 Å². The number of hydrogen-bond donors (Lipinski definition) is 7. The molecule has 144 heavy (non-hydrogen) atoms. The van der Waals surface area contributed by atoms with Crippen LogP contribution in [0.15, 0.2) is 204 Å². The van der Waals surface area contributed by atoms with E-state index in [1.807, 2.05) is 77.9 Å². The van der Waals surface area contributed by atoms with Crippen LogP contribution in [0, 0.1) is 68.6 Å². The first kappa shape index (κ1) is 110. The Hall–Kier alpha value is -13.2. The average Bonchev–Trinajstić information content (AvgIpc) is 1.57. The standard InChI is InChI=1S/C46H44F3N5O7S.C31H28F3N5O6S.C14H17NO2.C7H4IN.C6H13NO2.ClH/c1-6-28-23-45(28,43(57)53-62(58,59)32-19-20-32)24-36(55)35-22-31(25-54(35)42(56)34(44(2,3)4)21-26-11-17-30(50-5)18-12-26)60-41-39-38(33-9-7-8-10-37(33)61-39)51-40(52-41)27-13-15-29(16-14-27)46(47,48)49;1-2-17-14-30(17,29(41)39-46(42,43)20-11-12-20)38-27(40)22-13-19(15-35-22)44-28-25-24(21-5-3-4-6-23(21)45-25)36-26(37-28)16-7-9-18(10-8-16)31(32,33)34;1-14(2,3)12(13(16)17)9-10-5-7-11(15-4)8-6-10;1-9-7-4-2-6(8)3-5-7;1-6(2,3)4(7)5(8)9;/h6-18,28,31-32,34-35H,1,19-25H2,2-4H3,(H,53,57);2-10,17,19-20,22,35H,1,11-15H2,(H,38,40)(H,39,41);5-8,12H,9H2,1-3H3,(H,16,17);2-5H;4H,7H2,1-3H3,(H,8,9);1H/t28-,31-,34-,35+,45-;17-,19-,22+,30-;12-;;4-;/m111.1./s1. The molecular formula is C104H107ClF6IN13O17S2. The molecule has 11 atom stereocenters. The number of carbonyl (C=O) groups is 7. The molecule has 6 heterocycles. The van der Waals surface area contributed by atoms with E-state index in [-0.39, 0.29) is 121 Å². The van der Waals surface area contributed by atoms with Crippen molar-refractivity contribution in [3.63, 3.8) is 0 Å². The normalized spacial score (nSPS) is 20.3. The number of nitrogens with two attached hydrogens (primary N) is 1. The third-order valence-electron chi connectivity index (χ3n) is 25.9. The van der Waals surface area contributed by atoms with Gasteiger partial charge in [-0.3, -0.25) is 43.0 Å². The van der Waals surface area contributed by atoms with E-state index in [9.17, 15) is 81.8 Å². The van der Waals surface area contributed by atoms with Crippen LogP contribution in [0.2, 0.25) is 0 Å². The molecular weight excluding hydrogens is 2040 g/mol. The first-order chi connectivity index (χ1) is 67.2. The molecule has 4 aromatic heterocycles. The van der Waals surface area contributed by atoms with Crippen LogP contribution in [0.5, 0.6) is 11.8 Å². The van der Waals surface area contributed by atoms with Gasteiger partial charge < -0.3 is 49.8 Å². The average molecular weight is 2150 g/mol. The molecule has 0 radical (unpaired) electrons. The lowest BCUT2D eigenvalue weighted by Gasteiger charge is -2.35. The molecule has 4 saturated carbocycles. The van der Waals surface area contributed by atoms with Gasteiger partial charge in [-0.25, -0.2) is 41.3 Å². The second kappa shape index (κ2) is 43.7. The summed E-state index contributed by atoms with van der Waals surface area (Å²) < 4.78 is 161. The maximum Gasteiger partial charge on any atom is 0.416 e. The molecule has 2 aliphatic heterocycles. The lowest BCUT2D eigenvalue weighted by molar-refractivity contribution is -0.145. The highest BCUT2D eigenvalue weighted by Gasteiger charge is 2.63. The molecule has 2 saturated heterocycles. The Kier molecular flexibility index (Phi) is 33.3. The molecule has 0 spiro atoms. The largest absolute Gasteiger partial charge is 0.481 e. The molecule has 4 amide bonds. The fourth-order valence-corrected chi connectivity index (χ4v) is 19.8. The number of allylic oxidation sites excluding steroid dienone is 1. The van der Waals surface area contributed by atoms with Crippen LogP contribution >= 0.6 is 35.0 Å². The van der Waals surface area contributed by atoms with Crippen LogP contribution in [-0.4, -0.2) is 153 Å². The number of halogens is 8. The minimum atomic E-state index is -4.56. The van der Waals surface area contributed by atoms with E-state index >= 15 is 0 Å². The predicted octanol–water partition coefficient (Wildman–Crippen LogP) is 19.7. The number of hydrogen-bond acceptors (Lipinski definition) is 21. The minimum absolute atomic E-state index is 0. The monoisotopic (exact) mass is 2150 g/mol. The molecule has 6 aliphatic rings. The van der Waals surface area contributed by atoms with E-state index in [4.69, 9.17) is 48.9 Å². The quantitative estimate of drug-likeness (QED) is 0.0115. The molecule has 30 nitrogen and oxygen atoms in total. The van der Waals surface area contributed by atoms with Crippen LogP contribution < -0.4 is 35.3 Å². The number of alkyl halides is 6. The summed E-state index contributed by atoms with van der Waals surface area (Å²) in [5.74, 6) is -6.35. The zero-order valence-electron chi connectivity index (χ0n) is 79.8. The number of carboxylic acid groups (broad SMARTS) is 2. The highest BCUT2D eigenvalue weighted by molar-refractivity contribution is 14.1. The van der Waals surface area contributed by atoms with Gasteiger partial charge in [0.25, 0.3) is 17.7 Å². The van der Waals surface area contributed by atoms with E-state index in [1.165, 1.54) is 44.9 Å². The first-order valence-corrected chi connectivity index (χ1v) is 50.0. The molecule has 6 fully saturated rings. The maximum atomic E-state index is 15.0. The number of carbonyl (C=O) groups excluding carboxylic acids is 5. The number of carboxylic acids is 2. The zero-order chi connectivity index (χ0) is 104. The third kappa shape index (κ3) is 26.1. The van der Waals surface area contributed by atoms with Crippen molar-refractivity contribution in [2.75, 3.05) is 13.1 Å². The van der Waals surface area contributed by atoms with Gasteiger partial charge in [0.15, 0.2) is 34.5 Å². The Morgan fingerprint density at radius 2 is 0.993 bits per heavy atom. The number of aliphatic carboxylic acids is 2. The zero-order valence-corrected chi connectivity index (χ0v) is 84.4. The number of amides is 4. The second-order valence-corrected chi connectivity index (χ2v) is 44.6. The van der Waals surface area contributed by atoms with Crippen molar-refractivity contribution in [1.29, 1.82) is 0 Å². The van der Waals surface area contributed by atoms with Gasteiger partial charge in [-0.2, -0.15) is 36.3 Å². The highest BCUT2D eigenvalue weighted by atomic mass is 127. The Balaban J connectivity index is 0.000000195. The number of para-hydroxylation sites is 2. The van der Waals surface area contributed by atoms with Crippen LogP contribution in [0.3, 0.4) is 0 Å². The lowest BCUT2D eigenvalue weighted by Crippen LogP contribution is -2.55. The molecule has 0 unspecified atom stereocenters. The van der Waals surface area contributed by atoms with Crippen LogP contribution in [0.4, 0.5) is 43.4 Å². The summed E-state index contributed by atoms with van der Waals surface area (Å²) in [6, 6.07) is 41.9. The fourth-order valence-electron chi connectivity index (χ4n) is 16.7. The van der Waals surface area contributed by atoms with Gasteiger partial charge in [0.1, 0.15) is 46.0 Å². The Labute approximate surface area is 847 Å². The van der Waals surface area contributed by atoms with E-state index in [0.717, 1.165) is 35.4 Å². The number of benzene rings is 7. The van der Waals surface area contributed by atoms with Crippen LogP contribution in [-0.2, 0) is 78.8 Å². The molecule has 17 rings (SSSR count). The number of fused-ring (bicyclic) bond motifs is 6. The smallest absolute Gasteiger partial charge is 0.416 e. The Bertz CT molecular complexity index is 7070. The lowest BCUT2D eigenvalue weighted by atomic mass is 9.76. The summed E-state index contributed by atoms with van der Waals surface area (Å²) in [7, 11) is -7.73. The second-order valence-electron chi connectivity index (χ2n) is 39.4. The number of nitrogens with one attached hydrogen (secondary N) is 4. The summed E-state index contributed by atoms with van der Waals surface area (Å²) in [4.78, 5) is 121. The Morgan fingerprint density at radius 3 is 1.38 bits per heavy atom. The van der Waals surface area contributed by atoms with Crippen molar-refractivity contribution in [2.24, 2.45) is 51.1 Å². The molecule has 7 aromatic carbocycles. The van der Waals surface area contributed by atoms with Gasteiger partial charge in [-0.1, -0.05) is 196 Å². The topological polar surface area (TPSA) is 415 Å².